The lowest BCUT2D eigenvalue weighted by molar-refractivity contribution is -0.140. The quantitative estimate of drug-likeness (QED) is 0.201. The topological polar surface area (TPSA) is 86.8 Å². The van der Waals surface area contributed by atoms with Crippen LogP contribution in [0.1, 0.15) is 68.6 Å². The molecule has 0 spiro atoms. The van der Waals surface area contributed by atoms with Gasteiger partial charge in [-0.15, -0.1) is 0 Å². The number of nitrogens with zero attached hydrogens (tertiary/aromatic N) is 2. The molecule has 4 aliphatic carbocycles. The van der Waals surface area contributed by atoms with Gasteiger partial charge in [0.2, 0.25) is 21.8 Å². The molecule has 0 saturated heterocycles. The van der Waals surface area contributed by atoms with Gasteiger partial charge in [-0.05, 0) is 109 Å². The molecule has 3 aromatic rings. The van der Waals surface area contributed by atoms with Gasteiger partial charge in [0.1, 0.15) is 12.6 Å². The Balaban J connectivity index is 1.31. The zero-order chi connectivity index (χ0) is 34.1. The molecule has 4 fully saturated rings. The second-order valence-electron chi connectivity index (χ2n) is 14.3. The Morgan fingerprint density at radius 3 is 2.06 bits per heavy atom. The molecule has 0 aliphatic heterocycles. The van der Waals surface area contributed by atoms with E-state index in [1.54, 1.807) is 18.2 Å². The van der Waals surface area contributed by atoms with Gasteiger partial charge in [-0.1, -0.05) is 78.7 Å². The van der Waals surface area contributed by atoms with E-state index in [1.165, 1.54) is 49.0 Å². The Kier molecular flexibility index (Phi) is 10.4. The van der Waals surface area contributed by atoms with Crippen molar-refractivity contribution in [3.8, 4) is 0 Å². The van der Waals surface area contributed by atoms with Gasteiger partial charge in [0.25, 0.3) is 0 Å². The average Bonchev–Trinajstić information content (AvgIpc) is 3.05. The first-order valence-electron chi connectivity index (χ1n) is 17.1. The van der Waals surface area contributed by atoms with E-state index in [9.17, 15) is 18.0 Å². The molecule has 0 heterocycles. The molecule has 10 heteroatoms. The van der Waals surface area contributed by atoms with Crippen LogP contribution in [0.5, 0.6) is 0 Å². The van der Waals surface area contributed by atoms with Gasteiger partial charge in [-0.2, -0.15) is 0 Å². The number of carbonyl (C=O) groups excluding carboxylic acids is 2. The summed E-state index contributed by atoms with van der Waals surface area (Å²) in [5.74, 6) is 1.58. The van der Waals surface area contributed by atoms with Gasteiger partial charge in [-0.25, -0.2) is 8.42 Å². The van der Waals surface area contributed by atoms with E-state index in [0.717, 1.165) is 40.3 Å². The zero-order valence-corrected chi connectivity index (χ0v) is 30.0. The highest BCUT2D eigenvalue weighted by molar-refractivity contribution is 7.92. The van der Waals surface area contributed by atoms with Crippen LogP contribution < -0.4 is 9.62 Å². The predicted octanol–water partition coefficient (Wildman–Crippen LogP) is 7.39. The van der Waals surface area contributed by atoms with Crippen LogP contribution in [0.2, 0.25) is 10.0 Å². The van der Waals surface area contributed by atoms with E-state index in [-0.39, 0.29) is 24.3 Å². The Labute approximate surface area is 295 Å². The summed E-state index contributed by atoms with van der Waals surface area (Å²) < 4.78 is 27.8. The monoisotopic (exact) mass is 709 g/mol. The van der Waals surface area contributed by atoms with Crippen molar-refractivity contribution in [1.29, 1.82) is 0 Å². The number of nitrogens with one attached hydrogen (secondary N) is 1. The first kappa shape index (κ1) is 34.8. The van der Waals surface area contributed by atoms with Crippen molar-refractivity contribution >= 4 is 50.7 Å². The Morgan fingerprint density at radius 1 is 0.875 bits per heavy atom. The SMILES string of the molecule is CCCNC(=O)[C@@H](Cc1ccccc1)N(Cc1ccc(Cl)c(Cl)c1)C(=O)CN(c1ccc(C23CC4CC(CC(C4)C2)C3)cc1)S(C)(=O)=O. The van der Waals surface area contributed by atoms with Crippen molar-refractivity contribution in [2.75, 3.05) is 23.7 Å². The average molecular weight is 711 g/mol. The summed E-state index contributed by atoms with van der Waals surface area (Å²) in [6.45, 7) is 1.99. The molecule has 256 valence electrons. The summed E-state index contributed by atoms with van der Waals surface area (Å²) in [7, 11) is -3.86. The molecule has 48 heavy (non-hydrogen) atoms. The van der Waals surface area contributed by atoms with E-state index in [0.29, 0.717) is 27.8 Å². The minimum atomic E-state index is -3.86. The summed E-state index contributed by atoms with van der Waals surface area (Å²) in [5.41, 5.74) is 3.43. The van der Waals surface area contributed by atoms with Gasteiger partial charge in [-0.3, -0.25) is 13.9 Å². The van der Waals surface area contributed by atoms with Crippen LogP contribution in [0.3, 0.4) is 0 Å². The van der Waals surface area contributed by atoms with Gasteiger partial charge >= 0.3 is 0 Å². The van der Waals surface area contributed by atoms with E-state index < -0.39 is 28.5 Å². The molecule has 4 saturated carbocycles. The number of carbonyl (C=O) groups is 2. The van der Waals surface area contributed by atoms with Crippen LogP contribution in [0.4, 0.5) is 5.69 Å². The van der Waals surface area contributed by atoms with Crippen LogP contribution >= 0.6 is 23.2 Å². The van der Waals surface area contributed by atoms with Crippen molar-refractivity contribution in [2.45, 2.75) is 76.3 Å². The van der Waals surface area contributed by atoms with Crippen molar-refractivity contribution in [3.63, 3.8) is 0 Å². The van der Waals surface area contributed by atoms with Gasteiger partial charge < -0.3 is 10.2 Å². The molecule has 4 aliphatic rings. The summed E-state index contributed by atoms with van der Waals surface area (Å²) in [5, 5.41) is 3.66. The first-order valence-corrected chi connectivity index (χ1v) is 19.7. The molecular weight excluding hydrogens is 665 g/mol. The smallest absolute Gasteiger partial charge is 0.244 e. The lowest BCUT2D eigenvalue weighted by Crippen LogP contribution is -2.53. The Morgan fingerprint density at radius 2 is 1.50 bits per heavy atom. The largest absolute Gasteiger partial charge is 0.354 e. The number of anilines is 1. The molecule has 0 radical (unpaired) electrons. The second kappa shape index (κ2) is 14.4. The minimum Gasteiger partial charge on any atom is -0.354 e. The van der Waals surface area contributed by atoms with E-state index >= 15 is 0 Å². The number of halogens is 2. The normalized spacial score (nSPS) is 23.5. The fourth-order valence-electron chi connectivity index (χ4n) is 8.81. The summed E-state index contributed by atoms with van der Waals surface area (Å²) in [6, 6.07) is 21.5. The highest BCUT2D eigenvalue weighted by Gasteiger charge is 2.51. The van der Waals surface area contributed by atoms with Crippen molar-refractivity contribution < 1.29 is 18.0 Å². The summed E-state index contributed by atoms with van der Waals surface area (Å²) >= 11 is 12.5. The van der Waals surface area contributed by atoms with E-state index in [4.69, 9.17) is 23.2 Å². The Hall–Kier alpha value is -3.07. The number of amides is 2. The van der Waals surface area contributed by atoms with Crippen LogP contribution in [-0.2, 0) is 38.0 Å². The maximum atomic E-state index is 14.4. The maximum Gasteiger partial charge on any atom is 0.244 e. The maximum absolute atomic E-state index is 14.4. The first-order chi connectivity index (χ1) is 22.9. The predicted molar refractivity (Wildman–Crippen MR) is 193 cm³/mol. The molecule has 2 amide bonds. The number of sulfonamides is 1. The molecule has 1 atom stereocenters. The van der Waals surface area contributed by atoms with E-state index in [1.807, 2.05) is 49.4 Å². The van der Waals surface area contributed by atoms with Crippen LogP contribution in [0.15, 0.2) is 72.8 Å². The third-order valence-corrected chi connectivity index (χ3v) is 12.5. The number of benzene rings is 3. The standard InChI is InChI=1S/C38H45Cl2N3O4S/c1-3-15-41-37(45)35(20-26-7-5-4-6-8-26)42(24-27-9-14-33(39)34(40)19-27)36(44)25-43(48(2,46)47)32-12-10-31(11-13-32)38-21-28-16-29(22-38)18-30(17-28)23-38/h4-14,19,28-30,35H,3,15-18,20-25H2,1-2H3,(H,41,45)/t28?,29?,30?,35-,38?/m1/s1. The zero-order valence-electron chi connectivity index (χ0n) is 27.7. The molecule has 0 aromatic heterocycles. The van der Waals surface area contributed by atoms with Crippen molar-refractivity contribution in [3.05, 3.63) is 99.5 Å². The molecule has 7 rings (SSSR count). The third kappa shape index (κ3) is 7.71. The summed E-state index contributed by atoms with van der Waals surface area (Å²) in [4.78, 5) is 29.6. The molecule has 4 bridgehead atoms. The Bertz CT molecular complexity index is 1700. The molecule has 0 unspecified atom stereocenters. The van der Waals surface area contributed by atoms with E-state index in [2.05, 4.69) is 17.4 Å². The second-order valence-corrected chi connectivity index (χ2v) is 17.0. The van der Waals surface area contributed by atoms with Crippen LogP contribution in [-0.4, -0.2) is 50.5 Å². The third-order valence-electron chi connectivity index (χ3n) is 10.6. The van der Waals surface area contributed by atoms with Crippen molar-refractivity contribution in [2.24, 2.45) is 17.8 Å². The molecule has 3 aromatic carbocycles. The summed E-state index contributed by atoms with van der Waals surface area (Å²) in [6.07, 6.45) is 9.77. The van der Waals surface area contributed by atoms with Crippen molar-refractivity contribution in [1.82, 2.24) is 10.2 Å². The number of hydrogen-bond donors (Lipinski definition) is 1. The van der Waals surface area contributed by atoms with Gasteiger partial charge in [0.15, 0.2) is 0 Å². The highest BCUT2D eigenvalue weighted by atomic mass is 35.5. The van der Waals surface area contributed by atoms with Crippen LogP contribution in [0.25, 0.3) is 0 Å². The number of hydrogen-bond acceptors (Lipinski definition) is 4. The number of rotatable bonds is 13. The van der Waals surface area contributed by atoms with Crippen LogP contribution in [0, 0.1) is 17.8 Å². The molecular formula is C38H45Cl2N3O4S. The fraction of sp³-hybridized carbons (Fsp3) is 0.474. The molecule has 1 N–H and O–H groups in total. The molecule has 7 nitrogen and oxygen atoms in total. The lowest BCUT2D eigenvalue weighted by Gasteiger charge is -2.57. The van der Waals surface area contributed by atoms with Gasteiger partial charge in [0.05, 0.1) is 22.0 Å². The lowest BCUT2D eigenvalue weighted by atomic mass is 9.48. The van der Waals surface area contributed by atoms with Gasteiger partial charge in [0, 0.05) is 19.5 Å². The minimum absolute atomic E-state index is 0.0370. The fourth-order valence-corrected chi connectivity index (χ4v) is 9.98. The highest BCUT2D eigenvalue weighted by Crippen LogP contribution is 2.60.